The van der Waals surface area contributed by atoms with Crippen molar-refractivity contribution in [3.63, 3.8) is 0 Å². The minimum absolute atomic E-state index is 0.00134. The largest absolute Gasteiger partial charge is 0.395 e. The van der Waals surface area contributed by atoms with Gasteiger partial charge in [-0.15, -0.1) is 0 Å². The Labute approximate surface area is 102 Å². The van der Waals surface area contributed by atoms with Crippen LogP contribution in [0, 0.1) is 0 Å². The summed E-state index contributed by atoms with van der Waals surface area (Å²) in [6.45, 7) is 4.75. The van der Waals surface area contributed by atoms with Gasteiger partial charge in [-0.05, 0) is 18.9 Å². The number of aliphatic hydroxyl groups excluding tert-OH is 1. The van der Waals surface area contributed by atoms with Crippen LogP contribution < -0.4 is 0 Å². The Hall–Kier alpha value is -1.36. The lowest BCUT2D eigenvalue weighted by Gasteiger charge is -2.30. The van der Waals surface area contributed by atoms with Gasteiger partial charge in [0.1, 0.15) is 6.54 Å². The summed E-state index contributed by atoms with van der Waals surface area (Å²) in [5.74, 6) is 0.0106. The average Bonchev–Trinajstić information content (AvgIpc) is 2.82. The lowest BCUT2D eigenvalue weighted by atomic mass is 10.1. The first-order valence-electron chi connectivity index (χ1n) is 6.10. The zero-order valence-electron chi connectivity index (χ0n) is 10.5. The van der Waals surface area contributed by atoms with Crippen LogP contribution in [0.5, 0.6) is 0 Å². The molecule has 1 amide bonds. The van der Waals surface area contributed by atoms with Crippen LogP contribution in [0.2, 0.25) is 0 Å². The van der Waals surface area contributed by atoms with Crippen molar-refractivity contribution in [1.82, 2.24) is 14.7 Å². The second-order valence-electron chi connectivity index (χ2n) is 3.98. The molecule has 0 spiro atoms. The van der Waals surface area contributed by atoms with Gasteiger partial charge >= 0.3 is 0 Å². The number of amides is 1. The van der Waals surface area contributed by atoms with Crippen molar-refractivity contribution >= 4 is 5.91 Å². The molecular formula is C12H21N3O2. The number of hydrogen-bond donors (Lipinski definition) is 1. The van der Waals surface area contributed by atoms with Crippen LogP contribution in [-0.4, -0.2) is 44.9 Å². The standard InChI is InChI=1S/C12H21N3O2/c1-3-11(4-2)15(8-9-16)12(17)10-14-7-5-6-13-14/h5-7,11,16H,3-4,8-10H2,1-2H3. The maximum Gasteiger partial charge on any atom is 0.244 e. The molecule has 0 bridgehead atoms. The van der Waals surface area contributed by atoms with Gasteiger partial charge in [-0.25, -0.2) is 0 Å². The van der Waals surface area contributed by atoms with Gasteiger partial charge in [0, 0.05) is 25.0 Å². The third-order valence-electron chi connectivity index (χ3n) is 2.90. The maximum atomic E-state index is 12.1. The maximum absolute atomic E-state index is 12.1. The molecule has 5 nitrogen and oxygen atoms in total. The van der Waals surface area contributed by atoms with Gasteiger partial charge in [-0.3, -0.25) is 9.48 Å². The molecular weight excluding hydrogens is 218 g/mol. The first kappa shape index (κ1) is 13.7. The van der Waals surface area contributed by atoms with Gasteiger partial charge in [0.2, 0.25) is 5.91 Å². The summed E-state index contributed by atoms with van der Waals surface area (Å²) < 4.78 is 1.61. The van der Waals surface area contributed by atoms with E-state index in [-0.39, 0.29) is 25.1 Å². The number of rotatable bonds is 7. The summed E-state index contributed by atoms with van der Waals surface area (Å²) >= 11 is 0. The molecule has 17 heavy (non-hydrogen) atoms. The first-order chi connectivity index (χ1) is 8.22. The molecule has 0 saturated heterocycles. The number of nitrogens with zero attached hydrogens (tertiary/aromatic N) is 3. The summed E-state index contributed by atoms with van der Waals surface area (Å²) in [5, 5.41) is 13.1. The van der Waals surface area contributed by atoms with E-state index in [0.29, 0.717) is 6.54 Å². The summed E-state index contributed by atoms with van der Waals surface area (Å²) in [4.78, 5) is 13.9. The van der Waals surface area contributed by atoms with Crippen LogP contribution in [0.15, 0.2) is 18.5 Å². The van der Waals surface area contributed by atoms with Crippen molar-refractivity contribution in [1.29, 1.82) is 0 Å². The van der Waals surface area contributed by atoms with E-state index in [1.807, 2.05) is 0 Å². The van der Waals surface area contributed by atoms with E-state index >= 15 is 0 Å². The predicted octanol–water partition coefficient (Wildman–Crippen LogP) is 0.893. The topological polar surface area (TPSA) is 58.4 Å². The molecule has 0 aliphatic carbocycles. The Morgan fingerprint density at radius 3 is 2.65 bits per heavy atom. The Kier molecular flexibility index (Phi) is 5.69. The van der Waals surface area contributed by atoms with Gasteiger partial charge in [0.25, 0.3) is 0 Å². The Morgan fingerprint density at radius 1 is 1.47 bits per heavy atom. The third kappa shape index (κ3) is 3.85. The highest BCUT2D eigenvalue weighted by atomic mass is 16.3. The zero-order chi connectivity index (χ0) is 12.7. The van der Waals surface area contributed by atoms with E-state index in [1.54, 1.807) is 28.0 Å². The molecule has 1 aromatic rings. The molecule has 5 heteroatoms. The Balaban J connectivity index is 2.65. The van der Waals surface area contributed by atoms with Crippen LogP contribution in [0.4, 0.5) is 0 Å². The fourth-order valence-electron chi connectivity index (χ4n) is 1.97. The number of aliphatic hydroxyl groups is 1. The molecule has 0 aliphatic heterocycles. The quantitative estimate of drug-likeness (QED) is 0.769. The van der Waals surface area contributed by atoms with Crippen LogP contribution in [-0.2, 0) is 11.3 Å². The Morgan fingerprint density at radius 2 is 2.18 bits per heavy atom. The number of carbonyl (C=O) groups excluding carboxylic acids is 1. The van der Waals surface area contributed by atoms with Gasteiger partial charge in [0.05, 0.1) is 6.61 Å². The van der Waals surface area contributed by atoms with E-state index in [0.717, 1.165) is 12.8 Å². The van der Waals surface area contributed by atoms with E-state index < -0.39 is 0 Å². The monoisotopic (exact) mass is 239 g/mol. The normalized spacial score (nSPS) is 10.8. The van der Waals surface area contributed by atoms with Gasteiger partial charge < -0.3 is 10.0 Å². The molecule has 0 saturated carbocycles. The highest BCUT2D eigenvalue weighted by molar-refractivity contribution is 5.76. The summed E-state index contributed by atoms with van der Waals surface area (Å²) in [7, 11) is 0. The Bertz CT molecular complexity index is 321. The molecule has 0 radical (unpaired) electrons. The van der Waals surface area contributed by atoms with Crippen molar-refractivity contribution < 1.29 is 9.90 Å². The number of hydrogen-bond acceptors (Lipinski definition) is 3. The molecule has 96 valence electrons. The second-order valence-corrected chi connectivity index (χ2v) is 3.98. The zero-order valence-corrected chi connectivity index (χ0v) is 10.5. The van der Waals surface area contributed by atoms with Crippen molar-refractivity contribution in [2.45, 2.75) is 39.3 Å². The highest BCUT2D eigenvalue weighted by Gasteiger charge is 2.20. The van der Waals surface area contributed by atoms with Crippen molar-refractivity contribution in [3.05, 3.63) is 18.5 Å². The molecule has 0 fully saturated rings. The molecule has 1 heterocycles. The number of aromatic nitrogens is 2. The summed E-state index contributed by atoms with van der Waals surface area (Å²) in [6, 6.07) is 1.99. The lowest BCUT2D eigenvalue weighted by Crippen LogP contribution is -2.43. The molecule has 0 unspecified atom stereocenters. The molecule has 1 aromatic heterocycles. The molecule has 1 rings (SSSR count). The smallest absolute Gasteiger partial charge is 0.244 e. The summed E-state index contributed by atoms with van der Waals surface area (Å²) in [6.07, 6.45) is 5.23. The van der Waals surface area contributed by atoms with Crippen LogP contribution in [0.3, 0.4) is 0 Å². The number of carbonyl (C=O) groups is 1. The molecule has 0 aromatic carbocycles. The van der Waals surface area contributed by atoms with E-state index in [4.69, 9.17) is 5.11 Å². The van der Waals surface area contributed by atoms with Crippen molar-refractivity contribution in [2.24, 2.45) is 0 Å². The van der Waals surface area contributed by atoms with Gasteiger partial charge in [0.15, 0.2) is 0 Å². The average molecular weight is 239 g/mol. The van der Waals surface area contributed by atoms with Crippen LogP contribution >= 0.6 is 0 Å². The molecule has 0 atom stereocenters. The van der Waals surface area contributed by atoms with E-state index in [9.17, 15) is 4.79 Å². The summed E-state index contributed by atoms with van der Waals surface area (Å²) in [5.41, 5.74) is 0. The van der Waals surface area contributed by atoms with Crippen molar-refractivity contribution in [3.8, 4) is 0 Å². The first-order valence-corrected chi connectivity index (χ1v) is 6.10. The molecule has 1 N–H and O–H groups in total. The minimum atomic E-state index is 0.00134. The minimum Gasteiger partial charge on any atom is -0.395 e. The van der Waals surface area contributed by atoms with E-state index in [1.165, 1.54) is 0 Å². The lowest BCUT2D eigenvalue weighted by molar-refractivity contribution is -0.135. The fraction of sp³-hybridized carbons (Fsp3) is 0.667. The van der Waals surface area contributed by atoms with E-state index in [2.05, 4.69) is 18.9 Å². The second kappa shape index (κ2) is 7.06. The van der Waals surface area contributed by atoms with Gasteiger partial charge in [-0.2, -0.15) is 5.10 Å². The molecule has 0 aliphatic rings. The highest BCUT2D eigenvalue weighted by Crippen LogP contribution is 2.09. The van der Waals surface area contributed by atoms with Gasteiger partial charge in [-0.1, -0.05) is 13.8 Å². The predicted molar refractivity (Wildman–Crippen MR) is 65.4 cm³/mol. The third-order valence-corrected chi connectivity index (χ3v) is 2.90. The SMILES string of the molecule is CCC(CC)N(CCO)C(=O)Cn1cccn1. The van der Waals surface area contributed by atoms with Crippen LogP contribution in [0.1, 0.15) is 26.7 Å². The van der Waals surface area contributed by atoms with Crippen molar-refractivity contribution in [2.75, 3.05) is 13.2 Å². The van der Waals surface area contributed by atoms with Crippen LogP contribution in [0.25, 0.3) is 0 Å². The fourth-order valence-corrected chi connectivity index (χ4v) is 1.97.